The molecule has 16 heavy (non-hydrogen) atoms. The molecule has 1 rings (SSSR count). The van der Waals surface area contributed by atoms with Gasteiger partial charge in [-0.3, -0.25) is 0 Å². The summed E-state index contributed by atoms with van der Waals surface area (Å²) >= 11 is 0. The first kappa shape index (κ1) is 13.9. The summed E-state index contributed by atoms with van der Waals surface area (Å²) in [5.41, 5.74) is 0. The molecule has 5 nitrogen and oxygen atoms in total. The Morgan fingerprint density at radius 3 is 2.25 bits per heavy atom. The molecule has 0 saturated heterocycles. The Kier molecular flexibility index (Phi) is 4.73. The summed E-state index contributed by atoms with van der Waals surface area (Å²) in [5.74, 6) is 0.0773. The molecule has 1 fully saturated rings. The predicted molar refractivity (Wildman–Crippen MR) is 63.2 cm³/mol. The monoisotopic (exact) mass is 250 g/mol. The Balaban J connectivity index is 2.60. The van der Waals surface area contributed by atoms with Crippen molar-refractivity contribution >= 4 is 10.2 Å². The predicted octanol–water partition coefficient (Wildman–Crippen LogP) is 0.276. The van der Waals surface area contributed by atoms with E-state index in [1.54, 1.807) is 7.05 Å². The topological polar surface area (TPSA) is 60.9 Å². The zero-order valence-electron chi connectivity index (χ0n) is 10.3. The summed E-state index contributed by atoms with van der Waals surface area (Å²) in [4.78, 5) is 0. The fourth-order valence-electron chi connectivity index (χ4n) is 2.10. The standard InChI is InChI=1S/C10H22N2O3S/c1-11(2)16(14,15)12(3)8-9-6-4-5-7-10(9)13/h9-10,13H,4-8H2,1-3H3. The van der Waals surface area contributed by atoms with Crippen LogP contribution in [0.3, 0.4) is 0 Å². The summed E-state index contributed by atoms with van der Waals surface area (Å²) < 4.78 is 26.1. The fraction of sp³-hybridized carbons (Fsp3) is 1.00. The average Bonchev–Trinajstić information content (AvgIpc) is 2.21. The van der Waals surface area contributed by atoms with Gasteiger partial charge in [-0.2, -0.15) is 17.0 Å². The first-order chi connectivity index (χ1) is 7.35. The van der Waals surface area contributed by atoms with E-state index >= 15 is 0 Å². The fourth-order valence-corrected chi connectivity index (χ4v) is 3.04. The first-order valence-electron chi connectivity index (χ1n) is 5.67. The minimum absolute atomic E-state index is 0.0773. The zero-order chi connectivity index (χ0) is 12.3. The minimum atomic E-state index is -3.34. The summed E-state index contributed by atoms with van der Waals surface area (Å²) in [6.07, 6.45) is 3.47. The first-order valence-corrected chi connectivity index (χ1v) is 7.07. The van der Waals surface area contributed by atoms with Crippen LogP contribution in [0.5, 0.6) is 0 Å². The van der Waals surface area contributed by atoms with Crippen LogP contribution in [0.1, 0.15) is 25.7 Å². The lowest BCUT2D eigenvalue weighted by molar-refractivity contribution is 0.0615. The Morgan fingerprint density at radius 2 is 1.75 bits per heavy atom. The van der Waals surface area contributed by atoms with Crippen molar-refractivity contribution in [3.05, 3.63) is 0 Å². The van der Waals surface area contributed by atoms with Gasteiger partial charge in [0, 0.05) is 27.7 Å². The summed E-state index contributed by atoms with van der Waals surface area (Å²) in [5, 5.41) is 9.79. The highest BCUT2D eigenvalue weighted by Gasteiger charge is 2.29. The number of nitrogens with zero attached hydrogens (tertiary/aromatic N) is 2. The van der Waals surface area contributed by atoms with Gasteiger partial charge >= 0.3 is 0 Å². The van der Waals surface area contributed by atoms with Crippen molar-refractivity contribution < 1.29 is 13.5 Å². The maximum Gasteiger partial charge on any atom is 0.281 e. The molecule has 0 heterocycles. The molecule has 0 aromatic heterocycles. The summed E-state index contributed by atoms with van der Waals surface area (Å²) in [6.45, 7) is 0.404. The van der Waals surface area contributed by atoms with Crippen molar-refractivity contribution in [3.8, 4) is 0 Å². The highest BCUT2D eigenvalue weighted by atomic mass is 32.2. The molecule has 0 spiro atoms. The number of hydrogen-bond donors (Lipinski definition) is 1. The van der Waals surface area contributed by atoms with Crippen LogP contribution in [0.4, 0.5) is 0 Å². The van der Waals surface area contributed by atoms with Gasteiger partial charge in [0.15, 0.2) is 0 Å². The molecule has 1 N–H and O–H groups in total. The summed E-state index contributed by atoms with van der Waals surface area (Å²) in [6, 6.07) is 0. The molecular formula is C10H22N2O3S. The molecule has 6 heteroatoms. The molecule has 1 saturated carbocycles. The van der Waals surface area contributed by atoms with Crippen molar-refractivity contribution in [1.29, 1.82) is 0 Å². The Morgan fingerprint density at radius 1 is 1.19 bits per heavy atom. The maximum absolute atomic E-state index is 11.8. The summed E-state index contributed by atoms with van der Waals surface area (Å²) in [7, 11) is 1.26. The smallest absolute Gasteiger partial charge is 0.281 e. The van der Waals surface area contributed by atoms with Gasteiger partial charge < -0.3 is 5.11 Å². The van der Waals surface area contributed by atoms with Crippen molar-refractivity contribution in [2.75, 3.05) is 27.7 Å². The molecule has 0 aromatic carbocycles. The van der Waals surface area contributed by atoms with Crippen LogP contribution < -0.4 is 0 Å². The van der Waals surface area contributed by atoms with Gasteiger partial charge in [-0.05, 0) is 18.8 Å². The molecule has 1 aliphatic rings. The van der Waals surface area contributed by atoms with Gasteiger partial charge in [0.2, 0.25) is 0 Å². The third kappa shape index (κ3) is 3.16. The molecule has 0 aromatic rings. The largest absolute Gasteiger partial charge is 0.393 e. The molecule has 0 radical (unpaired) electrons. The second-order valence-corrected chi connectivity index (χ2v) is 6.93. The van der Waals surface area contributed by atoms with E-state index in [2.05, 4.69) is 0 Å². The third-order valence-electron chi connectivity index (χ3n) is 3.22. The zero-order valence-corrected chi connectivity index (χ0v) is 11.1. The molecule has 2 unspecified atom stereocenters. The SMILES string of the molecule is CN(C)S(=O)(=O)N(C)CC1CCCCC1O. The molecule has 0 aliphatic heterocycles. The van der Waals surface area contributed by atoms with Crippen LogP contribution in [0, 0.1) is 5.92 Å². The van der Waals surface area contributed by atoms with Crippen molar-refractivity contribution in [3.63, 3.8) is 0 Å². The molecule has 0 bridgehead atoms. The van der Waals surface area contributed by atoms with E-state index in [0.29, 0.717) is 6.54 Å². The number of aliphatic hydroxyl groups excluding tert-OH is 1. The molecule has 0 amide bonds. The minimum Gasteiger partial charge on any atom is -0.393 e. The maximum atomic E-state index is 11.8. The molecule has 96 valence electrons. The third-order valence-corrected chi connectivity index (χ3v) is 5.08. The highest BCUT2D eigenvalue weighted by Crippen LogP contribution is 2.25. The van der Waals surface area contributed by atoms with Gasteiger partial charge in [0.05, 0.1) is 6.10 Å². The lowest BCUT2D eigenvalue weighted by Crippen LogP contribution is -2.42. The van der Waals surface area contributed by atoms with Gasteiger partial charge in [-0.25, -0.2) is 0 Å². The molecule has 2 atom stereocenters. The van der Waals surface area contributed by atoms with E-state index in [4.69, 9.17) is 0 Å². The average molecular weight is 250 g/mol. The highest BCUT2D eigenvalue weighted by molar-refractivity contribution is 7.86. The van der Waals surface area contributed by atoms with Gasteiger partial charge in [-0.1, -0.05) is 12.8 Å². The van der Waals surface area contributed by atoms with E-state index in [9.17, 15) is 13.5 Å². The van der Waals surface area contributed by atoms with Gasteiger partial charge in [-0.15, -0.1) is 0 Å². The number of aliphatic hydroxyl groups is 1. The normalized spacial score (nSPS) is 27.6. The Bertz CT molecular complexity index is 316. The van der Waals surface area contributed by atoms with Crippen LogP contribution in [0.2, 0.25) is 0 Å². The van der Waals surface area contributed by atoms with Crippen LogP contribution in [0.15, 0.2) is 0 Å². The quantitative estimate of drug-likeness (QED) is 0.779. The molecule has 1 aliphatic carbocycles. The van der Waals surface area contributed by atoms with Crippen molar-refractivity contribution in [2.24, 2.45) is 5.92 Å². The lowest BCUT2D eigenvalue weighted by Gasteiger charge is -2.31. The van der Waals surface area contributed by atoms with Crippen LogP contribution in [0.25, 0.3) is 0 Å². The van der Waals surface area contributed by atoms with E-state index < -0.39 is 10.2 Å². The van der Waals surface area contributed by atoms with Crippen LogP contribution >= 0.6 is 0 Å². The number of hydrogen-bond acceptors (Lipinski definition) is 3. The van der Waals surface area contributed by atoms with Crippen molar-refractivity contribution in [2.45, 2.75) is 31.8 Å². The van der Waals surface area contributed by atoms with Gasteiger partial charge in [0.1, 0.15) is 0 Å². The van der Waals surface area contributed by atoms with E-state index in [1.807, 2.05) is 0 Å². The van der Waals surface area contributed by atoms with Crippen molar-refractivity contribution in [1.82, 2.24) is 8.61 Å². The van der Waals surface area contributed by atoms with E-state index in [1.165, 1.54) is 22.7 Å². The molecular weight excluding hydrogens is 228 g/mol. The second-order valence-electron chi connectivity index (χ2n) is 4.68. The van der Waals surface area contributed by atoms with Gasteiger partial charge in [0.25, 0.3) is 10.2 Å². The Hall–Kier alpha value is -0.170. The second kappa shape index (κ2) is 5.44. The van der Waals surface area contributed by atoms with E-state index in [0.717, 1.165) is 25.7 Å². The van der Waals surface area contributed by atoms with E-state index in [-0.39, 0.29) is 12.0 Å². The lowest BCUT2D eigenvalue weighted by atomic mass is 9.86. The Labute approximate surface area is 98.2 Å². The van der Waals surface area contributed by atoms with Crippen LogP contribution in [-0.4, -0.2) is 55.9 Å². The number of rotatable bonds is 4. The van der Waals surface area contributed by atoms with Crippen LogP contribution in [-0.2, 0) is 10.2 Å².